The van der Waals surface area contributed by atoms with Crippen molar-refractivity contribution in [3.8, 4) is 11.5 Å². The molecule has 27 heavy (non-hydrogen) atoms. The van der Waals surface area contributed by atoms with E-state index in [1.54, 1.807) is 0 Å². The lowest BCUT2D eigenvalue weighted by atomic mass is 10.1. The molecular weight excluding hydrogens is 372 g/mol. The van der Waals surface area contributed by atoms with Gasteiger partial charge in [0.2, 0.25) is 22.7 Å². The Morgan fingerprint density at radius 1 is 1.19 bits per heavy atom. The zero-order chi connectivity index (χ0) is 19.4. The van der Waals surface area contributed by atoms with Crippen LogP contribution in [0.3, 0.4) is 0 Å². The standard InChI is InChI=1S/C18H26N2O6S/c1-13-10-20(11-14(2)26-13)27(22,23)8-7-19-18(21)6-4-15-3-5-16-17(9-15)25-12-24-16/h3,5,9,13-14H,4,6-8,10-12H2,1-2H3,(H,19,21)/t13-,14-/m1/s1. The molecule has 0 saturated carbocycles. The Balaban J connectivity index is 1.41. The third-order valence-corrected chi connectivity index (χ3v) is 6.34. The second-order valence-electron chi connectivity index (χ2n) is 6.93. The van der Waals surface area contributed by atoms with E-state index in [1.165, 1.54) is 4.31 Å². The lowest BCUT2D eigenvalue weighted by Gasteiger charge is -2.34. The summed E-state index contributed by atoms with van der Waals surface area (Å²) in [5.74, 6) is 1.11. The topological polar surface area (TPSA) is 94.2 Å². The highest BCUT2D eigenvalue weighted by Crippen LogP contribution is 2.32. The first-order valence-electron chi connectivity index (χ1n) is 9.12. The molecule has 1 aromatic rings. The molecule has 1 saturated heterocycles. The lowest BCUT2D eigenvalue weighted by molar-refractivity contribution is -0.120. The third kappa shape index (κ3) is 5.33. The fourth-order valence-electron chi connectivity index (χ4n) is 3.25. The van der Waals surface area contributed by atoms with Gasteiger partial charge in [0, 0.05) is 26.1 Å². The van der Waals surface area contributed by atoms with Crippen molar-refractivity contribution < 1.29 is 27.4 Å². The van der Waals surface area contributed by atoms with Crippen molar-refractivity contribution in [1.82, 2.24) is 9.62 Å². The number of benzene rings is 1. The molecule has 2 heterocycles. The van der Waals surface area contributed by atoms with Gasteiger partial charge in [-0.05, 0) is 38.0 Å². The predicted molar refractivity (Wildman–Crippen MR) is 99.3 cm³/mol. The Morgan fingerprint density at radius 3 is 2.63 bits per heavy atom. The SMILES string of the molecule is C[C@@H]1CN(S(=O)(=O)CCNC(=O)CCc2ccc3c(c2)OCO3)C[C@@H](C)O1. The third-order valence-electron chi connectivity index (χ3n) is 4.54. The molecule has 1 amide bonds. The molecule has 3 rings (SSSR count). The van der Waals surface area contributed by atoms with Gasteiger partial charge in [0.05, 0.1) is 18.0 Å². The van der Waals surface area contributed by atoms with E-state index in [9.17, 15) is 13.2 Å². The molecule has 0 unspecified atom stereocenters. The largest absolute Gasteiger partial charge is 0.454 e. The lowest BCUT2D eigenvalue weighted by Crippen LogP contribution is -2.49. The molecule has 0 radical (unpaired) electrons. The van der Waals surface area contributed by atoms with Gasteiger partial charge in [-0.3, -0.25) is 4.79 Å². The van der Waals surface area contributed by atoms with Gasteiger partial charge in [0.15, 0.2) is 11.5 Å². The Labute approximate surface area is 159 Å². The number of carbonyl (C=O) groups is 1. The fraction of sp³-hybridized carbons (Fsp3) is 0.611. The fourth-order valence-corrected chi connectivity index (χ4v) is 4.74. The van der Waals surface area contributed by atoms with Crippen LogP contribution in [0.1, 0.15) is 25.8 Å². The van der Waals surface area contributed by atoms with Gasteiger partial charge in [0.25, 0.3) is 0 Å². The number of nitrogens with zero attached hydrogens (tertiary/aromatic N) is 1. The number of carbonyl (C=O) groups excluding carboxylic acids is 1. The molecule has 2 aliphatic heterocycles. The van der Waals surface area contributed by atoms with Gasteiger partial charge in [-0.25, -0.2) is 8.42 Å². The summed E-state index contributed by atoms with van der Waals surface area (Å²) in [4.78, 5) is 12.0. The molecule has 0 bridgehead atoms. The van der Waals surface area contributed by atoms with Gasteiger partial charge in [-0.15, -0.1) is 0 Å². The number of sulfonamides is 1. The van der Waals surface area contributed by atoms with Gasteiger partial charge < -0.3 is 19.5 Å². The van der Waals surface area contributed by atoms with Crippen molar-refractivity contribution in [2.24, 2.45) is 0 Å². The van der Waals surface area contributed by atoms with Crippen molar-refractivity contribution in [2.75, 3.05) is 32.2 Å². The first-order valence-corrected chi connectivity index (χ1v) is 10.7. The second kappa shape index (κ2) is 8.45. The molecule has 1 N–H and O–H groups in total. The number of fused-ring (bicyclic) bond motifs is 1. The summed E-state index contributed by atoms with van der Waals surface area (Å²) < 4.78 is 42.5. The molecular formula is C18H26N2O6S. The maximum Gasteiger partial charge on any atom is 0.231 e. The van der Waals surface area contributed by atoms with E-state index >= 15 is 0 Å². The molecule has 9 heteroatoms. The van der Waals surface area contributed by atoms with E-state index in [-0.39, 0.29) is 43.6 Å². The van der Waals surface area contributed by atoms with Crippen LogP contribution in [-0.4, -0.2) is 63.0 Å². The minimum absolute atomic E-state index is 0.0996. The minimum Gasteiger partial charge on any atom is -0.454 e. The van der Waals surface area contributed by atoms with Crippen molar-refractivity contribution in [3.63, 3.8) is 0 Å². The van der Waals surface area contributed by atoms with Crippen molar-refractivity contribution in [3.05, 3.63) is 23.8 Å². The molecule has 1 fully saturated rings. The summed E-state index contributed by atoms with van der Waals surface area (Å²) in [6.07, 6.45) is 0.582. The van der Waals surface area contributed by atoms with Gasteiger partial charge in [-0.2, -0.15) is 4.31 Å². The molecule has 2 atom stereocenters. The van der Waals surface area contributed by atoms with E-state index in [0.717, 1.165) is 5.56 Å². The summed E-state index contributed by atoms with van der Waals surface area (Å²) in [7, 11) is -3.41. The van der Waals surface area contributed by atoms with E-state index in [1.807, 2.05) is 32.0 Å². The highest BCUT2D eigenvalue weighted by molar-refractivity contribution is 7.89. The van der Waals surface area contributed by atoms with E-state index in [2.05, 4.69) is 5.32 Å². The number of rotatable bonds is 7. The minimum atomic E-state index is -3.41. The normalized spacial score (nSPS) is 22.6. The van der Waals surface area contributed by atoms with Crippen molar-refractivity contribution >= 4 is 15.9 Å². The summed E-state index contributed by atoms with van der Waals surface area (Å²) >= 11 is 0. The maximum absolute atomic E-state index is 12.4. The molecule has 8 nitrogen and oxygen atoms in total. The first kappa shape index (κ1) is 19.9. The Bertz CT molecular complexity index is 772. The van der Waals surface area contributed by atoms with Crippen LogP contribution >= 0.6 is 0 Å². The molecule has 2 aliphatic rings. The average molecular weight is 398 g/mol. The molecule has 0 spiro atoms. The monoisotopic (exact) mass is 398 g/mol. The first-order chi connectivity index (χ1) is 12.8. The van der Waals surface area contributed by atoms with E-state index in [0.29, 0.717) is 31.0 Å². The average Bonchev–Trinajstić information content (AvgIpc) is 3.06. The summed E-state index contributed by atoms with van der Waals surface area (Å²) in [5.41, 5.74) is 0.971. The zero-order valence-electron chi connectivity index (χ0n) is 15.6. The molecule has 150 valence electrons. The number of morpholine rings is 1. The van der Waals surface area contributed by atoms with Crippen molar-refractivity contribution in [1.29, 1.82) is 0 Å². The van der Waals surface area contributed by atoms with Crippen LogP contribution in [0.5, 0.6) is 11.5 Å². The van der Waals surface area contributed by atoms with Crippen LogP contribution in [0.2, 0.25) is 0 Å². The van der Waals surface area contributed by atoms with Gasteiger partial charge >= 0.3 is 0 Å². The quantitative estimate of drug-likeness (QED) is 0.734. The van der Waals surface area contributed by atoms with Crippen LogP contribution < -0.4 is 14.8 Å². The number of nitrogens with one attached hydrogen (secondary N) is 1. The molecule has 0 aliphatic carbocycles. The predicted octanol–water partition coefficient (Wildman–Crippen LogP) is 0.903. The smallest absolute Gasteiger partial charge is 0.231 e. The number of amides is 1. The highest BCUT2D eigenvalue weighted by atomic mass is 32.2. The number of ether oxygens (including phenoxy) is 3. The number of aryl methyl sites for hydroxylation is 1. The Hall–Kier alpha value is -1.84. The molecule has 1 aromatic carbocycles. The zero-order valence-corrected chi connectivity index (χ0v) is 16.5. The summed E-state index contributed by atoms with van der Waals surface area (Å²) in [6, 6.07) is 5.58. The second-order valence-corrected chi connectivity index (χ2v) is 9.02. The van der Waals surface area contributed by atoms with Crippen LogP contribution in [0.15, 0.2) is 18.2 Å². The van der Waals surface area contributed by atoms with Crippen LogP contribution in [-0.2, 0) is 26.0 Å². The molecule has 0 aromatic heterocycles. The van der Waals surface area contributed by atoms with Crippen molar-refractivity contribution in [2.45, 2.75) is 38.9 Å². The number of hydrogen-bond donors (Lipinski definition) is 1. The van der Waals surface area contributed by atoms with Crippen LogP contribution in [0.4, 0.5) is 0 Å². The summed E-state index contributed by atoms with van der Waals surface area (Å²) in [6.45, 7) is 4.73. The number of hydrogen-bond acceptors (Lipinski definition) is 6. The highest BCUT2D eigenvalue weighted by Gasteiger charge is 2.30. The van der Waals surface area contributed by atoms with Gasteiger partial charge in [0.1, 0.15) is 0 Å². The van der Waals surface area contributed by atoms with E-state index < -0.39 is 10.0 Å². The summed E-state index contributed by atoms with van der Waals surface area (Å²) in [5, 5.41) is 2.69. The Kier molecular flexibility index (Phi) is 6.23. The maximum atomic E-state index is 12.4. The van der Waals surface area contributed by atoms with Crippen LogP contribution in [0.25, 0.3) is 0 Å². The van der Waals surface area contributed by atoms with E-state index in [4.69, 9.17) is 14.2 Å². The van der Waals surface area contributed by atoms with Gasteiger partial charge in [-0.1, -0.05) is 6.07 Å². The van der Waals surface area contributed by atoms with Crippen LogP contribution in [0, 0.1) is 0 Å². The Morgan fingerprint density at radius 2 is 1.89 bits per heavy atom.